The molecule has 0 fully saturated rings. The van der Waals surface area contributed by atoms with Crippen LogP contribution in [0.25, 0.3) is 0 Å². The Morgan fingerprint density at radius 3 is 1.19 bits per heavy atom. The highest BCUT2D eigenvalue weighted by Gasteiger charge is 2.30. The molecular weight excluding hydrogens is 356 g/mol. The fourth-order valence-electron chi connectivity index (χ4n) is 3.36. The summed E-state index contributed by atoms with van der Waals surface area (Å²) < 4.78 is 16.6. The van der Waals surface area contributed by atoms with Crippen molar-refractivity contribution in [3.05, 3.63) is 72.8 Å². The molecule has 3 nitrogen and oxygen atoms in total. The summed E-state index contributed by atoms with van der Waals surface area (Å²) in [4.78, 5) is 3.77. The van der Waals surface area contributed by atoms with Gasteiger partial charge in [0.25, 0.3) is 0 Å². The Hall–Kier alpha value is -2.59. The Bertz CT molecular complexity index is 792. The van der Waals surface area contributed by atoms with Crippen molar-refractivity contribution >= 4 is 10.0 Å². The topological polar surface area (TPSA) is 27.7 Å². The Kier molecular flexibility index (Phi) is 5.97. The Balaban J connectivity index is 2.32. The number of hydrogen-bond donors (Lipinski definition) is 0. The van der Waals surface area contributed by atoms with E-state index < -0.39 is 10.0 Å². The van der Waals surface area contributed by atoms with E-state index in [0.29, 0.717) is 0 Å². The molecule has 0 aliphatic heterocycles. The summed E-state index contributed by atoms with van der Waals surface area (Å²) in [6.45, 7) is 2.24. The molecule has 142 valence electrons. The van der Waals surface area contributed by atoms with E-state index in [2.05, 4.69) is 61.5 Å². The molecule has 0 bridgehead atoms. The molecule has 3 aromatic carbocycles. The molecule has 3 aromatic rings. The summed E-state index contributed by atoms with van der Waals surface area (Å²) in [5.74, 6) is 3.55. The van der Waals surface area contributed by atoms with Crippen LogP contribution in [0.15, 0.2) is 87.5 Å². The maximum absolute atomic E-state index is 5.52. The van der Waals surface area contributed by atoms with Crippen molar-refractivity contribution in [1.82, 2.24) is 0 Å². The Morgan fingerprint density at radius 2 is 0.926 bits per heavy atom. The van der Waals surface area contributed by atoms with Crippen molar-refractivity contribution in [3.63, 3.8) is 0 Å². The molecule has 0 radical (unpaired) electrons. The third-order valence-corrected chi connectivity index (χ3v) is 8.81. The van der Waals surface area contributed by atoms with Crippen LogP contribution in [0, 0.1) is 0 Å². The molecule has 27 heavy (non-hydrogen) atoms. The third kappa shape index (κ3) is 3.62. The highest BCUT2D eigenvalue weighted by atomic mass is 32.3. The fraction of sp³-hybridized carbons (Fsp3) is 0.217. The fourth-order valence-corrected chi connectivity index (χ4v) is 7.06. The zero-order valence-electron chi connectivity index (χ0n) is 16.3. The molecule has 0 atom stereocenters. The largest absolute Gasteiger partial charge is 0.497 e. The molecule has 0 saturated heterocycles. The summed E-state index contributed by atoms with van der Waals surface area (Å²) in [6, 6.07) is 25.2. The first-order chi connectivity index (χ1) is 13.2. The predicted molar refractivity (Wildman–Crippen MR) is 112 cm³/mol. The average molecular weight is 383 g/mol. The van der Waals surface area contributed by atoms with E-state index in [9.17, 15) is 0 Å². The first-order valence-electron chi connectivity index (χ1n) is 8.91. The van der Waals surface area contributed by atoms with Crippen LogP contribution in [0.3, 0.4) is 0 Å². The van der Waals surface area contributed by atoms with Crippen molar-refractivity contribution in [2.45, 2.75) is 21.6 Å². The molecule has 0 saturated carbocycles. The summed E-state index contributed by atoms with van der Waals surface area (Å²) in [7, 11) is 3.61. The maximum atomic E-state index is 5.52. The molecule has 4 heteroatoms. The van der Waals surface area contributed by atoms with E-state index in [1.807, 2.05) is 18.2 Å². The van der Waals surface area contributed by atoms with Gasteiger partial charge >= 0.3 is 0 Å². The van der Waals surface area contributed by atoms with Gasteiger partial charge in [0.05, 0.1) is 21.3 Å². The molecule has 0 amide bonds. The van der Waals surface area contributed by atoms with E-state index in [1.54, 1.807) is 21.3 Å². The van der Waals surface area contributed by atoms with Crippen molar-refractivity contribution < 1.29 is 14.2 Å². The lowest BCUT2D eigenvalue weighted by atomic mass is 10.3. The molecule has 3 rings (SSSR count). The quantitative estimate of drug-likeness (QED) is 0.500. The molecule has 0 heterocycles. The van der Waals surface area contributed by atoms with Gasteiger partial charge in [0, 0.05) is 14.7 Å². The van der Waals surface area contributed by atoms with E-state index in [1.165, 1.54) is 14.7 Å². The molecule has 0 aliphatic carbocycles. The van der Waals surface area contributed by atoms with Gasteiger partial charge in [0.2, 0.25) is 0 Å². The van der Waals surface area contributed by atoms with Gasteiger partial charge < -0.3 is 14.2 Å². The summed E-state index contributed by atoms with van der Waals surface area (Å²) in [5.41, 5.74) is 0. The number of hydrogen-bond acceptors (Lipinski definition) is 3. The van der Waals surface area contributed by atoms with Gasteiger partial charge in [-0.15, -0.1) is 0 Å². The summed E-state index contributed by atoms with van der Waals surface area (Å²) in [5, 5.41) is 0. The lowest BCUT2D eigenvalue weighted by Crippen LogP contribution is -2.07. The van der Waals surface area contributed by atoms with Crippen LogP contribution in [0.5, 0.6) is 17.2 Å². The second-order valence-electron chi connectivity index (χ2n) is 6.06. The van der Waals surface area contributed by atoms with Gasteiger partial charge in [0.15, 0.2) is 0 Å². The van der Waals surface area contributed by atoms with E-state index in [-0.39, 0.29) is 0 Å². The average Bonchev–Trinajstić information content (AvgIpc) is 2.75. The van der Waals surface area contributed by atoms with Crippen molar-refractivity contribution in [1.29, 1.82) is 0 Å². The Morgan fingerprint density at radius 1 is 0.593 bits per heavy atom. The molecule has 0 aromatic heterocycles. The number of ether oxygens (including phenoxy) is 3. The van der Waals surface area contributed by atoms with E-state index in [0.717, 1.165) is 23.0 Å². The zero-order chi connectivity index (χ0) is 19.3. The normalized spacial score (nSPS) is 11.7. The van der Waals surface area contributed by atoms with Crippen LogP contribution in [0.2, 0.25) is 0 Å². The second kappa shape index (κ2) is 8.40. The molecular formula is C23H26O3S. The van der Waals surface area contributed by atoms with Crippen LogP contribution >= 0.6 is 10.0 Å². The second-order valence-corrected chi connectivity index (χ2v) is 9.53. The minimum atomic E-state index is -1.51. The monoisotopic (exact) mass is 382 g/mol. The standard InChI is InChI=1S/C23H26O3S/c1-5-27(21-12-6-9-18(15-21)24-2,22-13-7-10-19(16-22)25-3)23-14-8-11-20(17-23)26-4/h6-17H,5H2,1-4H3. The van der Waals surface area contributed by atoms with Crippen LogP contribution in [0.1, 0.15) is 6.92 Å². The van der Waals surface area contributed by atoms with Gasteiger partial charge in [-0.3, -0.25) is 0 Å². The van der Waals surface area contributed by atoms with Gasteiger partial charge in [-0.25, -0.2) is 0 Å². The van der Waals surface area contributed by atoms with Crippen molar-refractivity contribution in [3.8, 4) is 17.2 Å². The van der Waals surface area contributed by atoms with Crippen LogP contribution in [-0.2, 0) is 0 Å². The lowest BCUT2D eigenvalue weighted by Gasteiger charge is -2.41. The number of rotatable bonds is 7. The molecule has 0 unspecified atom stereocenters. The molecule has 0 N–H and O–H groups in total. The van der Waals surface area contributed by atoms with Gasteiger partial charge in [-0.1, -0.05) is 25.1 Å². The summed E-state index contributed by atoms with van der Waals surface area (Å²) in [6.07, 6.45) is 0. The minimum absolute atomic E-state index is 0.864. The van der Waals surface area contributed by atoms with Gasteiger partial charge in [-0.05, 0) is 60.4 Å². The minimum Gasteiger partial charge on any atom is -0.497 e. The van der Waals surface area contributed by atoms with Crippen molar-refractivity contribution in [2.75, 3.05) is 27.1 Å². The smallest absolute Gasteiger partial charge is 0.119 e. The van der Waals surface area contributed by atoms with Crippen LogP contribution in [-0.4, -0.2) is 27.1 Å². The highest BCUT2D eigenvalue weighted by Crippen LogP contribution is 2.68. The van der Waals surface area contributed by atoms with Gasteiger partial charge in [0.1, 0.15) is 17.2 Å². The van der Waals surface area contributed by atoms with E-state index in [4.69, 9.17) is 14.2 Å². The predicted octanol–water partition coefficient (Wildman–Crippen LogP) is 6.01. The maximum Gasteiger partial charge on any atom is 0.119 e. The van der Waals surface area contributed by atoms with Crippen LogP contribution < -0.4 is 14.2 Å². The summed E-state index contributed by atoms with van der Waals surface area (Å²) >= 11 is 0. The first kappa shape index (κ1) is 19.2. The first-order valence-corrected chi connectivity index (χ1v) is 10.7. The Labute approximate surface area is 163 Å². The lowest BCUT2D eigenvalue weighted by molar-refractivity contribution is 0.413. The SMILES string of the molecule is CCS(c1cccc(OC)c1)(c1cccc(OC)c1)c1cccc(OC)c1. The molecule has 0 spiro atoms. The van der Waals surface area contributed by atoms with Crippen molar-refractivity contribution in [2.24, 2.45) is 0 Å². The number of benzene rings is 3. The third-order valence-electron chi connectivity index (χ3n) is 4.76. The highest BCUT2D eigenvalue weighted by molar-refractivity contribution is 8.33. The van der Waals surface area contributed by atoms with E-state index >= 15 is 0 Å². The van der Waals surface area contributed by atoms with Crippen LogP contribution in [0.4, 0.5) is 0 Å². The zero-order valence-corrected chi connectivity index (χ0v) is 17.1. The van der Waals surface area contributed by atoms with Gasteiger partial charge in [-0.2, -0.15) is 10.0 Å². The number of methoxy groups -OCH3 is 3. The molecule has 0 aliphatic rings.